The highest BCUT2D eigenvalue weighted by molar-refractivity contribution is 5.64. The van der Waals surface area contributed by atoms with Gasteiger partial charge in [0.15, 0.2) is 0 Å². The van der Waals surface area contributed by atoms with Gasteiger partial charge in [-0.15, -0.1) is 0 Å². The smallest absolute Gasteiger partial charge is 0.142 e. The van der Waals surface area contributed by atoms with E-state index in [1.165, 1.54) is 6.08 Å². The van der Waals surface area contributed by atoms with Crippen LogP contribution in [0, 0.1) is 0 Å². The van der Waals surface area contributed by atoms with E-state index in [1.54, 1.807) is 12.1 Å². The normalized spacial score (nSPS) is 10.2. The van der Waals surface area contributed by atoms with E-state index in [-0.39, 0.29) is 0 Å². The van der Waals surface area contributed by atoms with Crippen molar-refractivity contribution in [1.29, 1.82) is 0 Å². The average molecular weight is 177 g/mol. The molecule has 3 nitrogen and oxygen atoms in total. The quantitative estimate of drug-likeness (QED) is 0.418. The zero-order chi connectivity index (χ0) is 9.52. The molecule has 0 unspecified atom stereocenters. The molecule has 0 atom stereocenters. The maximum Gasteiger partial charge on any atom is 0.142 e. The van der Waals surface area contributed by atoms with E-state index in [1.807, 2.05) is 18.2 Å². The molecule has 0 spiro atoms. The molecule has 1 aromatic carbocycles. The van der Waals surface area contributed by atoms with Crippen LogP contribution >= 0.6 is 0 Å². The van der Waals surface area contributed by atoms with E-state index in [0.29, 0.717) is 12.1 Å². The van der Waals surface area contributed by atoms with Gasteiger partial charge in [-0.2, -0.15) is 0 Å². The van der Waals surface area contributed by atoms with E-state index in [2.05, 4.69) is 5.48 Å². The summed E-state index contributed by atoms with van der Waals surface area (Å²) < 4.78 is 0. The second-order valence-corrected chi connectivity index (χ2v) is 2.58. The number of nitrogens with one attached hydrogen (secondary N) is 1. The number of carbonyl (C=O) groups excluding carboxylic acids is 1. The van der Waals surface area contributed by atoms with Crippen LogP contribution in [0.25, 0.3) is 0 Å². The van der Waals surface area contributed by atoms with Crippen molar-refractivity contribution in [1.82, 2.24) is 0 Å². The molecule has 0 fully saturated rings. The molecule has 3 heteroatoms. The van der Waals surface area contributed by atoms with Gasteiger partial charge in [-0.25, -0.2) is 0 Å². The number of aldehydes is 1. The lowest BCUT2D eigenvalue weighted by Crippen LogP contribution is -1.90. The molecule has 0 aliphatic rings. The summed E-state index contributed by atoms with van der Waals surface area (Å²) in [6.45, 7) is 0. The Morgan fingerprint density at radius 2 is 2.31 bits per heavy atom. The summed E-state index contributed by atoms with van der Waals surface area (Å²) in [6, 6.07) is 7.33. The number of benzene rings is 1. The fourth-order valence-electron chi connectivity index (χ4n) is 1.03. The zero-order valence-electron chi connectivity index (χ0n) is 7.10. The van der Waals surface area contributed by atoms with Gasteiger partial charge in [0.05, 0.1) is 5.69 Å². The van der Waals surface area contributed by atoms with E-state index in [0.717, 1.165) is 11.8 Å². The lowest BCUT2D eigenvalue weighted by Gasteiger charge is -2.00. The van der Waals surface area contributed by atoms with E-state index in [4.69, 9.17) is 5.21 Å². The van der Waals surface area contributed by atoms with Crippen molar-refractivity contribution in [2.75, 3.05) is 5.48 Å². The van der Waals surface area contributed by atoms with Crippen molar-refractivity contribution in [2.24, 2.45) is 0 Å². The Bertz CT molecular complexity index is 308. The molecule has 1 rings (SSSR count). The van der Waals surface area contributed by atoms with E-state index >= 15 is 0 Å². The predicted molar refractivity (Wildman–Crippen MR) is 50.8 cm³/mol. The Morgan fingerprint density at radius 1 is 1.46 bits per heavy atom. The van der Waals surface area contributed by atoms with Crippen LogP contribution in [0.4, 0.5) is 5.69 Å². The molecule has 0 saturated heterocycles. The summed E-state index contributed by atoms with van der Waals surface area (Å²) in [7, 11) is 0. The van der Waals surface area contributed by atoms with Crippen LogP contribution in [-0.2, 0) is 11.2 Å². The third kappa shape index (κ3) is 3.09. The number of hydrogen-bond acceptors (Lipinski definition) is 3. The fraction of sp³-hybridized carbons (Fsp3) is 0.100. The van der Waals surface area contributed by atoms with Gasteiger partial charge in [0, 0.05) is 0 Å². The molecule has 1 aromatic rings. The summed E-state index contributed by atoms with van der Waals surface area (Å²) in [4.78, 5) is 9.98. The summed E-state index contributed by atoms with van der Waals surface area (Å²) in [5, 5.41) is 8.61. The van der Waals surface area contributed by atoms with Crippen molar-refractivity contribution >= 4 is 12.0 Å². The van der Waals surface area contributed by atoms with Gasteiger partial charge in [-0.05, 0) is 30.2 Å². The van der Waals surface area contributed by atoms with Gasteiger partial charge in [-0.3, -0.25) is 15.5 Å². The van der Waals surface area contributed by atoms with Crippen LogP contribution in [0.1, 0.15) is 5.56 Å². The maximum absolute atomic E-state index is 9.98. The van der Waals surface area contributed by atoms with Crippen molar-refractivity contribution in [3.05, 3.63) is 42.0 Å². The highest BCUT2D eigenvalue weighted by Crippen LogP contribution is 2.10. The molecule has 0 amide bonds. The zero-order valence-corrected chi connectivity index (χ0v) is 7.10. The van der Waals surface area contributed by atoms with Crippen LogP contribution in [0.3, 0.4) is 0 Å². The molecular formula is C10H11NO2. The maximum atomic E-state index is 9.98. The largest absolute Gasteiger partial charge is 0.299 e. The Labute approximate surface area is 76.7 Å². The van der Waals surface area contributed by atoms with Crippen LogP contribution in [-0.4, -0.2) is 11.5 Å². The monoisotopic (exact) mass is 177 g/mol. The summed E-state index contributed by atoms with van der Waals surface area (Å²) in [6.07, 6.45) is 4.66. The second kappa shape index (κ2) is 5.11. The number of rotatable bonds is 4. The number of allylic oxidation sites excluding steroid dienone is 2. The summed E-state index contributed by atoms with van der Waals surface area (Å²) in [5.41, 5.74) is 3.75. The highest BCUT2D eigenvalue weighted by atomic mass is 16.5. The standard InChI is InChI=1S/C10H11NO2/c12-7-2-1-4-9-5-3-6-10(8-9)11-13/h1-3,5-8,11,13H,4H2. The minimum Gasteiger partial charge on any atom is -0.299 e. The Balaban J connectivity index is 2.66. The minimum atomic E-state index is 0.650. The molecule has 0 radical (unpaired) electrons. The first-order chi connectivity index (χ1) is 6.36. The molecule has 0 saturated carbocycles. The topological polar surface area (TPSA) is 49.3 Å². The Morgan fingerprint density at radius 3 is 3.00 bits per heavy atom. The van der Waals surface area contributed by atoms with E-state index in [9.17, 15) is 4.79 Å². The van der Waals surface area contributed by atoms with Gasteiger partial charge in [-0.1, -0.05) is 18.2 Å². The number of anilines is 1. The number of hydrogen-bond donors (Lipinski definition) is 2. The first-order valence-corrected chi connectivity index (χ1v) is 3.96. The third-order valence-corrected chi connectivity index (χ3v) is 1.62. The van der Waals surface area contributed by atoms with Gasteiger partial charge in [0.2, 0.25) is 0 Å². The van der Waals surface area contributed by atoms with Crippen molar-refractivity contribution in [3.8, 4) is 0 Å². The van der Waals surface area contributed by atoms with Crippen LogP contribution in [0.2, 0.25) is 0 Å². The first-order valence-electron chi connectivity index (χ1n) is 3.96. The molecule has 0 aromatic heterocycles. The van der Waals surface area contributed by atoms with E-state index < -0.39 is 0 Å². The summed E-state index contributed by atoms with van der Waals surface area (Å²) in [5.74, 6) is 0. The number of carbonyl (C=O) groups is 1. The molecule has 0 aliphatic heterocycles. The highest BCUT2D eigenvalue weighted by Gasteiger charge is 1.91. The fourth-order valence-corrected chi connectivity index (χ4v) is 1.03. The van der Waals surface area contributed by atoms with Crippen molar-refractivity contribution in [2.45, 2.75) is 6.42 Å². The van der Waals surface area contributed by atoms with Gasteiger partial charge in [0.1, 0.15) is 6.29 Å². The molecule has 68 valence electrons. The molecule has 13 heavy (non-hydrogen) atoms. The van der Waals surface area contributed by atoms with Crippen molar-refractivity contribution < 1.29 is 10.0 Å². The minimum absolute atomic E-state index is 0.650. The third-order valence-electron chi connectivity index (χ3n) is 1.62. The SMILES string of the molecule is O=CC=CCc1cccc(NO)c1. The van der Waals surface area contributed by atoms with Gasteiger partial charge >= 0.3 is 0 Å². The van der Waals surface area contributed by atoms with Crippen molar-refractivity contribution in [3.63, 3.8) is 0 Å². The lowest BCUT2D eigenvalue weighted by molar-refractivity contribution is -0.104. The van der Waals surface area contributed by atoms with Crippen LogP contribution < -0.4 is 5.48 Å². The van der Waals surface area contributed by atoms with Crippen LogP contribution in [0.15, 0.2) is 36.4 Å². The predicted octanol–water partition coefficient (Wildman–Crippen LogP) is 1.79. The van der Waals surface area contributed by atoms with Crippen LogP contribution in [0.5, 0.6) is 0 Å². The summed E-state index contributed by atoms with van der Waals surface area (Å²) >= 11 is 0. The Kier molecular flexibility index (Phi) is 3.73. The second-order valence-electron chi connectivity index (χ2n) is 2.58. The molecule has 0 bridgehead atoms. The van der Waals surface area contributed by atoms with Gasteiger partial charge < -0.3 is 0 Å². The molecular weight excluding hydrogens is 166 g/mol. The average Bonchev–Trinajstić information content (AvgIpc) is 2.19. The Hall–Kier alpha value is -1.61. The van der Waals surface area contributed by atoms with Gasteiger partial charge in [0.25, 0.3) is 0 Å². The molecule has 2 N–H and O–H groups in total. The lowest BCUT2D eigenvalue weighted by atomic mass is 10.1. The molecule has 0 heterocycles. The first kappa shape index (κ1) is 9.48. The molecule has 0 aliphatic carbocycles.